The van der Waals surface area contributed by atoms with Crippen LogP contribution in [0.5, 0.6) is 0 Å². The first-order valence-electron chi connectivity index (χ1n) is 12.7. The lowest BCUT2D eigenvalue weighted by atomic mass is 9.96. The second-order valence-corrected chi connectivity index (χ2v) is 10.00. The van der Waals surface area contributed by atoms with E-state index in [0.717, 1.165) is 42.4 Å². The SMILES string of the molecule is CC1CN(Cc2ccc(C3=NCC(c4ccc(CCc5ccccc5)cc4)=N3)c3ccccc23)C1. The number of rotatable bonds is 7. The number of benzene rings is 4. The maximum Gasteiger partial charge on any atom is 0.155 e. The molecule has 0 radical (unpaired) electrons. The van der Waals surface area contributed by atoms with E-state index in [1.54, 1.807) is 0 Å². The van der Waals surface area contributed by atoms with Crippen molar-refractivity contribution in [2.75, 3.05) is 19.6 Å². The number of hydrogen-bond acceptors (Lipinski definition) is 3. The summed E-state index contributed by atoms with van der Waals surface area (Å²) in [7, 11) is 0. The van der Waals surface area contributed by atoms with Gasteiger partial charge in [-0.25, -0.2) is 4.99 Å². The molecule has 1 fully saturated rings. The van der Waals surface area contributed by atoms with E-state index >= 15 is 0 Å². The maximum absolute atomic E-state index is 4.99. The molecule has 35 heavy (non-hydrogen) atoms. The predicted molar refractivity (Wildman–Crippen MR) is 147 cm³/mol. The van der Waals surface area contributed by atoms with Gasteiger partial charge in [-0.15, -0.1) is 0 Å². The Morgan fingerprint density at radius 1 is 0.743 bits per heavy atom. The Bertz CT molecular complexity index is 1390. The minimum atomic E-state index is 0.639. The molecular weight excluding hydrogens is 426 g/mol. The Labute approximate surface area is 207 Å². The summed E-state index contributed by atoms with van der Waals surface area (Å²) in [5.41, 5.74) is 7.49. The standard InChI is InChI=1S/C32H31N3/c1-23-20-35(21-23)22-27-17-18-30(29-10-6-5-9-28(27)29)32-33-19-31(34-32)26-15-13-25(14-16-26)12-11-24-7-3-2-4-8-24/h2-10,13-18,23H,11-12,19-22H2,1H3. The van der Waals surface area contributed by atoms with Crippen LogP contribution in [0, 0.1) is 5.92 Å². The molecule has 0 unspecified atom stereocenters. The van der Waals surface area contributed by atoms with Gasteiger partial charge in [-0.2, -0.15) is 0 Å². The van der Waals surface area contributed by atoms with E-state index in [-0.39, 0.29) is 0 Å². The molecule has 4 aromatic rings. The number of nitrogens with zero attached hydrogens (tertiary/aromatic N) is 3. The minimum Gasteiger partial charge on any atom is -0.298 e. The zero-order valence-corrected chi connectivity index (χ0v) is 20.3. The molecule has 0 aromatic heterocycles. The van der Waals surface area contributed by atoms with Crippen molar-refractivity contribution in [3.8, 4) is 0 Å². The van der Waals surface area contributed by atoms with Gasteiger partial charge < -0.3 is 0 Å². The molecule has 0 saturated carbocycles. The molecule has 0 aliphatic carbocycles. The number of hydrogen-bond donors (Lipinski definition) is 0. The highest BCUT2D eigenvalue weighted by atomic mass is 15.2. The zero-order valence-electron chi connectivity index (χ0n) is 20.3. The molecular formula is C32H31N3. The largest absolute Gasteiger partial charge is 0.298 e. The fourth-order valence-electron chi connectivity index (χ4n) is 5.34. The van der Waals surface area contributed by atoms with Crippen molar-refractivity contribution in [2.45, 2.75) is 26.3 Å². The van der Waals surface area contributed by atoms with Gasteiger partial charge in [0.05, 0.1) is 12.3 Å². The first kappa shape index (κ1) is 21.9. The van der Waals surface area contributed by atoms with E-state index in [1.807, 2.05) is 0 Å². The average molecular weight is 458 g/mol. The van der Waals surface area contributed by atoms with Crippen molar-refractivity contribution in [3.63, 3.8) is 0 Å². The summed E-state index contributed by atoms with van der Waals surface area (Å²) in [6.07, 6.45) is 2.11. The second kappa shape index (κ2) is 9.59. The number of amidine groups is 1. The van der Waals surface area contributed by atoms with E-state index in [4.69, 9.17) is 9.98 Å². The molecule has 2 aliphatic heterocycles. The van der Waals surface area contributed by atoms with Crippen molar-refractivity contribution < 1.29 is 0 Å². The Balaban J connectivity index is 1.19. The van der Waals surface area contributed by atoms with Crippen LogP contribution in [0.4, 0.5) is 0 Å². The van der Waals surface area contributed by atoms with Gasteiger partial charge in [0.1, 0.15) is 0 Å². The first-order chi connectivity index (χ1) is 17.2. The molecule has 0 N–H and O–H groups in total. The lowest BCUT2D eigenvalue weighted by Gasteiger charge is -2.37. The molecule has 4 aromatic carbocycles. The quantitative estimate of drug-likeness (QED) is 0.319. The smallest absolute Gasteiger partial charge is 0.155 e. The van der Waals surface area contributed by atoms with Crippen LogP contribution >= 0.6 is 0 Å². The Hall–Kier alpha value is -3.56. The lowest BCUT2D eigenvalue weighted by Crippen LogP contribution is -2.44. The zero-order chi connectivity index (χ0) is 23.6. The highest BCUT2D eigenvalue weighted by Gasteiger charge is 2.23. The second-order valence-electron chi connectivity index (χ2n) is 10.00. The highest BCUT2D eigenvalue weighted by molar-refractivity contribution is 6.20. The van der Waals surface area contributed by atoms with Crippen molar-refractivity contribution in [1.29, 1.82) is 0 Å². The molecule has 0 amide bonds. The summed E-state index contributed by atoms with van der Waals surface area (Å²) >= 11 is 0. The molecule has 0 atom stereocenters. The van der Waals surface area contributed by atoms with Gasteiger partial charge in [0, 0.05) is 25.2 Å². The number of likely N-dealkylation sites (tertiary alicyclic amines) is 1. The van der Waals surface area contributed by atoms with E-state index in [1.165, 1.54) is 46.1 Å². The topological polar surface area (TPSA) is 28.0 Å². The number of aryl methyl sites for hydroxylation is 2. The van der Waals surface area contributed by atoms with Gasteiger partial charge >= 0.3 is 0 Å². The summed E-state index contributed by atoms with van der Waals surface area (Å²) in [6.45, 7) is 6.37. The Kier molecular flexibility index (Phi) is 6.01. The molecule has 1 saturated heterocycles. The van der Waals surface area contributed by atoms with Crippen LogP contribution in [0.1, 0.15) is 34.7 Å². The Morgan fingerprint density at radius 3 is 2.17 bits per heavy atom. The molecule has 3 nitrogen and oxygen atoms in total. The third-order valence-electron chi connectivity index (χ3n) is 7.24. The fourth-order valence-corrected chi connectivity index (χ4v) is 5.34. The first-order valence-corrected chi connectivity index (χ1v) is 12.7. The summed E-state index contributed by atoms with van der Waals surface area (Å²) in [5.74, 6) is 1.67. The van der Waals surface area contributed by atoms with Crippen LogP contribution in [0.15, 0.2) is 101 Å². The molecule has 2 heterocycles. The van der Waals surface area contributed by atoms with Crippen molar-refractivity contribution in [1.82, 2.24) is 4.90 Å². The molecule has 3 heteroatoms. The molecule has 6 rings (SSSR count). The van der Waals surface area contributed by atoms with Crippen LogP contribution < -0.4 is 0 Å². The van der Waals surface area contributed by atoms with Crippen molar-refractivity contribution in [3.05, 3.63) is 119 Å². The van der Waals surface area contributed by atoms with E-state index in [9.17, 15) is 0 Å². The van der Waals surface area contributed by atoms with E-state index in [0.29, 0.717) is 6.54 Å². The van der Waals surface area contributed by atoms with Crippen LogP contribution in [-0.2, 0) is 19.4 Å². The van der Waals surface area contributed by atoms with Gasteiger partial charge in [0.15, 0.2) is 5.84 Å². The van der Waals surface area contributed by atoms with Crippen LogP contribution in [0.3, 0.4) is 0 Å². The summed E-state index contributed by atoms with van der Waals surface area (Å²) in [4.78, 5) is 12.4. The van der Waals surface area contributed by atoms with Gasteiger partial charge in [0.25, 0.3) is 0 Å². The number of aliphatic imine (C=N–C) groups is 2. The monoisotopic (exact) mass is 457 g/mol. The molecule has 2 aliphatic rings. The van der Waals surface area contributed by atoms with Gasteiger partial charge in [-0.3, -0.25) is 9.89 Å². The summed E-state index contributed by atoms with van der Waals surface area (Å²) < 4.78 is 0. The third-order valence-corrected chi connectivity index (χ3v) is 7.24. The summed E-state index contributed by atoms with van der Waals surface area (Å²) in [5, 5.41) is 2.57. The number of fused-ring (bicyclic) bond motifs is 1. The van der Waals surface area contributed by atoms with Crippen molar-refractivity contribution >= 4 is 22.3 Å². The molecule has 0 spiro atoms. The van der Waals surface area contributed by atoms with Crippen molar-refractivity contribution in [2.24, 2.45) is 15.9 Å². The van der Waals surface area contributed by atoms with Gasteiger partial charge in [0.2, 0.25) is 0 Å². The van der Waals surface area contributed by atoms with Gasteiger partial charge in [-0.05, 0) is 51.8 Å². The molecule has 0 bridgehead atoms. The predicted octanol–water partition coefficient (Wildman–Crippen LogP) is 6.33. The van der Waals surface area contributed by atoms with Crippen LogP contribution in [0.25, 0.3) is 10.8 Å². The highest BCUT2D eigenvalue weighted by Crippen LogP contribution is 2.28. The van der Waals surface area contributed by atoms with E-state index in [2.05, 4.69) is 103 Å². The lowest BCUT2D eigenvalue weighted by molar-refractivity contribution is 0.105. The normalized spacial score (nSPS) is 16.3. The fraction of sp³-hybridized carbons (Fsp3) is 0.250. The van der Waals surface area contributed by atoms with Crippen LogP contribution in [0.2, 0.25) is 0 Å². The van der Waals surface area contributed by atoms with E-state index < -0.39 is 0 Å². The third kappa shape index (κ3) is 4.69. The van der Waals surface area contributed by atoms with Crippen LogP contribution in [-0.4, -0.2) is 36.1 Å². The summed E-state index contributed by atoms with van der Waals surface area (Å²) in [6, 6.07) is 32.8. The molecule has 174 valence electrons. The maximum atomic E-state index is 4.99. The Morgan fingerprint density at radius 2 is 1.43 bits per heavy atom. The average Bonchev–Trinajstić information content (AvgIpc) is 3.38. The van der Waals surface area contributed by atoms with Gasteiger partial charge in [-0.1, -0.05) is 97.9 Å². The minimum absolute atomic E-state index is 0.639.